The van der Waals surface area contributed by atoms with Gasteiger partial charge in [-0.25, -0.2) is 0 Å². The molecular formula is C28H22N2O2. The van der Waals surface area contributed by atoms with Crippen LogP contribution < -0.4 is 9.47 Å². The second kappa shape index (κ2) is 10.6. The highest BCUT2D eigenvalue weighted by Crippen LogP contribution is 2.26. The van der Waals surface area contributed by atoms with Crippen LogP contribution in [0.1, 0.15) is 22.3 Å². The molecule has 0 amide bonds. The molecule has 0 spiro atoms. The van der Waals surface area contributed by atoms with Crippen molar-refractivity contribution >= 4 is 11.9 Å². The summed E-state index contributed by atoms with van der Waals surface area (Å²) in [5.41, 5.74) is 4.40. The zero-order valence-electron chi connectivity index (χ0n) is 17.5. The van der Waals surface area contributed by atoms with Gasteiger partial charge in [-0.15, -0.1) is 0 Å². The summed E-state index contributed by atoms with van der Waals surface area (Å²) in [6, 6.07) is 35.1. The van der Waals surface area contributed by atoms with Crippen molar-refractivity contribution < 1.29 is 9.47 Å². The first-order valence-electron chi connectivity index (χ1n) is 10.3. The lowest BCUT2D eigenvalue weighted by Crippen LogP contribution is -2.00. The molecule has 0 aliphatic heterocycles. The summed E-state index contributed by atoms with van der Waals surface area (Å²) in [6.45, 7) is 0.929. The third kappa shape index (κ3) is 5.84. The first kappa shape index (κ1) is 20.9. The minimum absolute atomic E-state index is 0.445. The molecule has 4 aromatic carbocycles. The zero-order chi connectivity index (χ0) is 22.0. The maximum absolute atomic E-state index is 8.95. The molecule has 4 nitrogen and oxygen atoms in total. The summed E-state index contributed by atoms with van der Waals surface area (Å²) >= 11 is 0. The quantitative estimate of drug-likeness (QED) is 0.308. The van der Waals surface area contributed by atoms with Crippen molar-refractivity contribution in [2.24, 2.45) is 4.99 Å². The molecule has 156 valence electrons. The maximum Gasteiger partial charge on any atom is 0.132 e. The molecule has 0 aromatic heterocycles. The van der Waals surface area contributed by atoms with Gasteiger partial charge in [-0.3, -0.25) is 4.99 Å². The van der Waals surface area contributed by atoms with Gasteiger partial charge in [0.05, 0.1) is 17.3 Å². The highest BCUT2D eigenvalue weighted by atomic mass is 16.5. The van der Waals surface area contributed by atoms with E-state index in [4.69, 9.17) is 14.7 Å². The summed E-state index contributed by atoms with van der Waals surface area (Å²) in [5.74, 6) is 1.42. The van der Waals surface area contributed by atoms with Crippen molar-refractivity contribution in [3.8, 4) is 17.6 Å². The molecule has 0 N–H and O–H groups in total. The zero-order valence-corrected chi connectivity index (χ0v) is 17.5. The number of ether oxygens (including phenoxy) is 2. The fraction of sp³-hybridized carbons (Fsp3) is 0.0714. The van der Waals surface area contributed by atoms with Gasteiger partial charge >= 0.3 is 0 Å². The van der Waals surface area contributed by atoms with E-state index < -0.39 is 0 Å². The minimum Gasteiger partial charge on any atom is -0.489 e. The van der Waals surface area contributed by atoms with Gasteiger partial charge in [0.2, 0.25) is 0 Å². The molecule has 4 heteroatoms. The Morgan fingerprint density at radius 1 is 0.719 bits per heavy atom. The van der Waals surface area contributed by atoms with Crippen LogP contribution in [0.25, 0.3) is 0 Å². The monoisotopic (exact) mass is 418 g/mol. The van der Waals surface area contributed by atoms with Crippen molar-refractivity contribution in [3.63, 3.8) is 0 Å². The summed E-state index contributed by atoms with van der Waals surface area (Å²) in [4.78, 5) is 4.54. The minimum atomic E-state index is 0.445. The Morgan fingerprint density at radius 2 is 1.34 bits per heavy atom. The number of rotatable bonds is 8. The first-order valence-corrected chi connectivity index (χ1v) is 10.3. The Kier molecular flexibility index (Phi) is 6.92. The van der Waals surface area contributed by atoms with E-state index in [0.29, 0.717) is 24.5 Å². The fourth-order valence-corrected chi connectivity index (χ4v) is 3.08. The average Bonchev–Trinajstić information content (AvgIpc) is 2.87. The molecule has 4 rings (SSSR count). The van der Waals surface area contributed by atoms with Gasteiger partial charge in [0.15, 0.2) is 0 Å². The summed E-state index contributed by atoms with van der Waals surface area (Å²) in [6.07, 6.45) is 1.77. The molecule has 32 heavy (non-hydrogen) atoms. The second-order valence-electron chi connectivity index (χ2n) is 7.17. The molecule has 0 aliphatic carbocycles. The van der Waals surface area contributed by atoms with E-state index in [1.807, 2.05) is 91.0 Å². The van der Waals surface area contributed by atoms with E-state index in [9.17, 15) is 0 Å². The van der Waals surface area contributed by atoms with Gasteiger partial charge in [0.1, 0.15) is 24.7 Å². The lowest BCUT2D eigenvalue weighted by molar-refractivity contribution is 0.289. The van der Waals surface area contributed by atoms with Crippen LogP contribution in [0.2, 0.25) is 0 Å². The second-order valence-corrected chi connectivity index (χ2v) is 7.17. The number of hydrogen-bond acceptors (Lipinski definition) is 4. The van der Waals surface area contributed by atoms with Gasteiger partial charge < -0.3 is 9.47 Å². The van der Waals surface area contributed by atoms with E-state index >= 15 is 0 Å². The Morgan fingerprint density at radius 3 is 1.97 bits per heavy atom. The van der Waals surface area contributed by atoms with Gasteiger partial charge in [-0.1, -0.05) is 60.7 Å². The molecule has 0 unspecified atom stereocenters. The van der Waals surface area contributed by atoms with Crippen LogP contribution in [0.15, 0.2) is 108 Å². The smallest absolute Gasteiger partial charge is 0.132 e. The van der Waals surface area contributed by atoms with Crippen LogP contribution in [0.5, 0.6) is 11.5 Å². The van der Waals surface area contributed by atoms with Gasteiger partial charge in [0, 0.05) is 17.8 Å². The molecule has 0 fully saturated rings. The number of aliphatic imine (C=N–C) groups is 1. The molecule has 0 saturated carbocycles. The number of nitrogens with zero attached hydrogens (tertiary/aromatic N) is 2. The Balaban J connectivity index is 1.54. The predicted molar refractivity (Wildman–Crippen MR) is 126 cm³/mol. The van der Waals surface area contributed by atoms with Crippen molar-refractivity contribution in [2.45, 2.75) is 13.2 Å². The molecule has 0 atom stereocenters. The third-order valence-electron chi connectivity index (χ3n) is 4.82. The molecule has 0 saturated heterocycles. The topological polar surface area (TPSA) is 54.6 Å². The SMILES string of the molecule is N#Cc1ccc(/N=C/c2ccc(OCc3ccccc3)cc2OCc2ccccc2)cc1. The highest BCUT2D eigenvalue weighted by molar-refractivity contribution is 5.85. The van der Waals surface area contributed by atoms with Gasteiger partial charge in [-0.05, 0) is 47.5 Å². The van der Waals surface area contributed by atoms with Gasteiger partial charge in [0.25, 0.3) is 0 Å². The normalized spacial score (nSPS) is 10.6. The number of hydrogen-bond donors (Lipinski definition) is 0. The van der Waals surface area contributed by atoms with Crippen LogP contribution in [0.3, 0.4) is 0 Å². The molecule has 4 aromatic rings. The summed E-state index contributed by atoms with van der Waals surface area (Å²) in [7, 11) is 0. The lowest BCUT2D eigenvalue weighted by atomic mass is 10.2. The Bertz CT molecular complexity index is 1210. The average molecular weight is 418 g/mol. The van der Waals surface area contributed by atoms with Crippen LogP contribution in [0.4, 0.5) is 5.69 Å². The van der Waals surface area contributed by atoms with Crippen LogP contribution in [-0.4, -0.2) is 6.21 Å². The largest absolute Gasteiger partial charge is 0.489 e. The van der Waals surface area contributed by atoms with Crippen molar-refractivity contribution in [1.82, 2.24) is 0 Å². The number of benzene rings is 4. The lowest BCUT2D eigenvalue weighted by Gasteiger charge is -2.12. The van der Waals surface area contributed by atoms with E-state index in [0.717, 1.165) is 28.1 Å². The Labute approximate surface area is 188 Å². The summed E-state index contributed by atoms with van der Waals surface area (Å²) < 4.78 is 12.1. The molecule has 0 heterocycles. The molecule has 0 radical (unpaired) electrons. The van der Waals surface area contributed by atoms with Gasteiger partial charge in [-0.2, -0.15) is 5.26 Å². The standard InChI is InChI=1S/C28H22N2O2/c29-18-22-11-14-26(15-12-22)30-19-25-13-16-27(31-20-23-7-3-1-4-8-23)17-28(25)32-21-24-9-5-2-6-10-24/h1-17,19H,20-21H2/b30-19+. The molecule has 0 aliphatic rings. The van der Waals surface area contributed by atoms with Crippen LogP contribution >= 0.6 is 0 Å². The highest BCUT2D eigenvalue weighted by Gasteiger charge is 2.06. The predicted octanol–water partition coefficient (Wildman–Crippen LogP) is 6.47. The van der Waals surface area contributed by atoms with E-state index in [2.05, 4.69) is 11.1 Å². The molecule has 0 bridgehead atoms. The number of nitriles is 1. The van der Waals surface area contributed by atoms with Crippen molar-refractivity contribution in [3.05, 3.63) is 125 Å². The summed E-state index contributed by atoms with van der Waals surface area (Å²) in [5, 5.41) is 8.95. The Hall–Kier alpha value is -4.36. The van der Waals surface area contributed by atoms with Crippen molar-refractivity contribution in [2.75, 3.05) is 0 Å². The van der Waals surface area contributed by atoms with E-state index in [1.54, 1.807) is 18.3 Å². The van der Waals surface area contributed by atoms with E-state index in [-0.39, 0.29) is 0 Å². The van der Waals surface area contributed by atoms with Crippen molar-refractivity contribution in [1.29, 1.82) is 5.26 Å². The van der Waals surface area contributed by atoms with Crippen LogP contribution in [-0.2, 0) is 13.2 Å². The van der Waals surface area contributed by atoms with E-state index in [1.165, 1.54) is 0 Å². The molecular weight excluding hydrogens is 396 g/mol. The maximum atomic E-state index is 8.95. The van der Waals surface area contributed by atoms with Crippen LogP contribution in [0, 0.1) is 11.3 Å². The third-order valence-corrected chi connectivity index (χ3v) is 4.82. The fourth-order valence-electron chi connectivity index (χ4n) is 3.08. The first-order chi connectivity index (χ1) is 15.8.